The summed E-state index contributed by atoms with van der Waals surface area (Å²) in [6.07, 6.45) is 0. The smallest absolute Gasteiger partial charge is 1.00 e. The van der Waals surface area contributed by atoms with Crippen molar-refractivity contribution in [3.8, 4) is 0 Å². The van der Waals surface area contributed by atoms with Crippen LogP contribution in [0, 0.1) is 0 Å². The number of quaternary nitrogens is 1. The van der Waals surface area contributed by atoms with Gasteiger partial charge in [-0.25, -0.2) is 0 Å². The third kappa shape index (κ3) is 80.3. The summed E-state index contributed by atoms with van der Waals surface area (Å²) in [5, 5.41) is 0. The Labute approximate surface area is 101 Å². The molecule has 0 aliphatic carbocycles. The third-order valence-corrected chi connectivity index (χ3v) is 0. The van der Waals surface area contributed by atoms with E-state index in [1.165, 1.54) is 0 Å². The second-order valence-electron chi connectivity index (χ2n) is 0. The van der Waals surface area contributed by atoms with Crippen molar-refractivity contribution in [1.29, 1.82) is 0 Å². The predicted octanol–water partition coefficient (Wildman–Crippen LogP) is -17.6. The van der Waals surface area contributed by atoms with Crippen LogP contribution in [-0.4, -0.2) is 0 Å². The summed E-state index contributed by atoms with van der Waals surface area (Å²) < 4.78 is 0. The van der Waals surface area contributed by atoms with Crippen LogP contribution in [0.1, 0.15) is 0 Å². The van der Waals surface area contributed by atoms with Crippen molar-refractivity contribution >= 4 is 0 Å². The first-order valence-electron chi connectivity index (χ1n) is 0. The molecule has 0 bridgehead atoms. The summed E-state index contributed by atoms with van der Waals surface area (Å²) in [5.74, 6) is 0. The molecule has 8 heavy (non-hydrogen) atoms. The van der Waals surface area contributed by atoms with Crippen molar-refractivity contribution in [3.05, 3.63) is 0 Å². The van der Waals surface area contributed by atoms with Crippen molar-refractivity contribution in [1.82, 2.24) is 6.15 Å². The summed E-state index contributed by atoms with van der Waals surface area (Å²) in [4.78, 5) is 0. The molecule has 0 amide bonds. The molecule has 0 aliphatic heterocycles. The quantitative estimate of drug-likeness (QED) is 0.400. The minimum absolute atomic E-state index is 0. The summed E-state index contributed by atoms with van der Waals surface area (Å²) in [7, 11) is 0. The summed E-state index contributed by atoms with van der Waals surface area (Å²) in [6.45, 7) is 0. The van der Waals surface area contributed by atoms with Gasteiger partial charge in [-0.3, -0.25) is 0 Å². The molecule has 0 spiro atoms. The third-order valence-electron chi connectivity index (χ3n) is 0. The van der Waals surface area contributed by atoms with Crippen LogP contribution in [0.25, 0.3) is 0 Å². The summed E-state index contributed by atoms with van der Waals surface area (Å²) in [5.41, 5.74) is 0. The van der Waals surface area contributed by atoms with Gasteiger partial charge in [-0.2, -0.15) is 0 Å². The predicted molar refractivity (Wildman–Crippen MR) is 5.98 cm³/mol. The van der Waals surface area contributed by atoms with E-state index in [2.05, 4.69) is 0 Å². The Morgan fingerprint density at radius 3 is 0.375 bits per heavy atom. The average molecular weight is 426 g/mol. The van der Waals surface area contributed by atoms with Gasteiger partial charge in [0.25, 0.3) is 0 Å². The fourth-order valence-electron chi connectivity index (χ4n) is 0. The van der Waals surface area contributed by atoms with E-state index in [-0.39, 0.29) is 102 Å². The summed E-state index contributed by atoms with van der Waals surface area (Å²) >= 11 is 0. The topological polar surface area (TPSA) is 36.5 Å². The van der Waals surface area contributed by atoms with E-state index >= 15 is 0 Å². The first-order chi connectivity index (χ1) is 0. The Hall–Kier alpha value is 2.39. The Morgan fingerprint density at radius 1 is 0.375 bits per heavy atom. The first kappa shape index (κ1) is 161. The van der Waals surface area contributed by atoms with Crippen LogP contribution in [0.5, 0.6) is 0 Å². The maximum absolute atomic E-state index is 0. The van der Waals surface area contributed by atoms with E-state index in [1.54, 1.807) is 0 Å². The number of rotatable bonds is 0. The molecule has 0 aromatic carbocycles. The van der Waals surface area contributed by atoms with Crippen LogP contribution in [0.2, 0.25) is 0 Å². The summed E-state index contributed by atoms with van der Waals surface area (Å²) in [6, 6.07) is 0. The van der Waals surface area contributed by atoms with Crippen molar-refractivity contribution in [2.24, 2.45) is 0 Å². The van der Waals surface area contributed by atoms with Gasteiger partial charge in [-0.05, 0) is 0 Å². The molecule has 1 nitrogen and oxygen atoms in total. The van der Waals surface area contributed by atoms with Crippen LogP contribution in [0.15, 0.2) is 0 Å². The van der Waals surface area contributed by atoms with E-state index < -0.39 is 0 Å². The zero-order valence-electron chi connectivity index (χ0n) is 3.58. The van der Waals surface area contributed by atoms with Gasteiger partial charge in [0.2, 0.25) is 0 Å². The van der Waals surface area contributed by atoms with E-state index in [0.29, 0.717) is 0 Å². The SMILES string of the molecule is [Cl-].[Cl-].[Cl-].[Cl-].[Cl-].[Cl-].[NH4+].[Pt+2]. The largest absolute Gasteiger partial charge is 2.00 e. The molecule has 0 heterocycles. The normalized spacial score (nSPS) is 0. The Bertz CT molecular complexity index is 8.49. The molecule has 0 aromatic rings. The molecule has 8 heteroatoms. The zero-order valence-corrected chi connectivity index (χ0v) is 10.4. The van der Waals surface area contributed by atoms with E-state index in [4.69, 9.17) is 0 Å². The van der Waals surface area contributed by atoms with Crippen molar-refractivity contribution in [2.75, 3.05) is 0 Å². The average Bonchev–Trinajstić information content (AvgIpc) is 0. The molecule has 0 saturated carbocycles. The van der Waals surface area contributed by atoms with Gasteiger partial charge in [0.05, 0.1) is 0 Å². The van der Waals surface area contributed by atoms with Gasteiger partial charge >= 0.3 is 21.1 Å². The fraction of sp³-hybridized carbons (Fsp3) is 0. The molecule has 0 radical (unpaired) electrons. The minimum atomic E-state index is 0. The second-order valence-corrected chi connectivity index (χ2v) is 0. The van der Waals surface area contributed by atoms with E-state index in [0.717, 1.165) is 0 Å². The number of halogens is 6. The molecular weight excluding hydrogens is 422 g/mol. The molecule has 4 N–H and O–H groups in total. The van der Waals surface area contributed by atoms with E-state index in [9.17, 15) is 0 Å². The van der Waals surface area contributed by atoms with Crippen molar-refractivity contribution in [3.63, 3.8) is 0 Å². The minimum Gasteiger partial charge on any atom is -1.00 e. The monoisotopic (exact) mass is 423 g/mol. The Kier molecular flexibility index (Phi) is 2320. The molecule has 64 valence electrons. The second kappa shape index (κ2) is 116. The van der Waals surface area contributed by atoms with Crippen LogP contribution in [-0.2, 0) is 21.1 Å². The van der Waals surface area contributed by atoms with Gasteiger partial charge < -0.3 is 80.6 Å². The van der Waals surface area contributed by atoms with Crippen LogP contribution in [0.4, 0.5) is 0 Å². The first-order valence-corrected chi connectivity index (χ1v) is 0. The molecule has 0 aromatic heterocycles. The molecule has 0 rings (SSSR count). The van der Waals surface area contributed by atoms with Gasteiger partial charge in [-0.15, -0.1) is 0 Å². The molecular formula is H4Cl6NPt-3. The fourth-order valence-corrected chi connectivity index (χ4v) is 0. The zero-order chi connectivity index (χ0) is 0. The molecule has 0 fully saturated rings. The van der Waals surface area contributed by atoms with E-state index in [1.807, 2.05) is 0 Å². The van der Waals surface area contributed by atoms with Crippen LogP contribution in [0.3, 0.4) is 0 Å². The molecule has 0 aliphatic rings. The van der Waals surface area contributed by atoms with Crippen LogP contribution < -0.4 is 80.6 Å². The number of hydrogen-bond donors (Lipinski definition) is 1. The maximum Gasteiger partial charge on any atom is 2.00 e. The van der Waals surface area contributed by atoms with Gasteiger partial charge in [-0.1, -0.05) is 0 Å². The number of hydrogen-bond acceptors (Lipinski definition) is 0. The molecule has 0 saturated heterocycles. The maximum atomic E-state index is 0. The van der Waals surface area contributed by atoms with Crippen molar-refractivity contribution < 1.29 is 95.5 Å². The Balaban J connectivity index is 0. The molecule has 0 atom stereocenters. The van der Waals surface area contributed by atoms with Gasteiger partial charge in [0, 0.05) is 0 Å². The van der Waals surface area contributed by atoms with Gasteiger partial charge in [0.1, 0.15) is 0 Å². The molecule has 0 unspecified atom stereocenters. The van der Waals surface area contributed by atoms with Crippen LogP contribution >= 0.6 is 0 Å². The van der Waals surface area contributed by atoms with Crippen molar-refractivity contribution in [2.45, 2.75) is 0 Å². The Morgan fingerprint density at radius 2 is 0.375 bits per heavy atom. The van der Waals surface area contributed by atoms with Gasteiger partial charge in [0.15, 0.2) is 0 Å². The standard InChI is InChI=1S/6ClH.H3N.Pt/h6*1H;1H3;/q;;;;;;;+2/p-5.